The van der Waals surface area contributed by atoms with E-state index in [0.717, 1.165) is 51.1 Å². The quantitative estimate of drug-likeness (QED) is 0.334. The first-order valence-corrected chi connectivity index (χ1v) is 10.7. The molecule has 4 nitrogen and oxygen atoms in total. The van der Waals surface area contributed by atoms with Crippen LogP contribution in [0.25, 0.3) is 0 Å². The van der Waals surface area contributed by atoms with Crippen LogP contribution in [0.3, 0.4) is 0 Å². The van der Waals surface area contributed by atoms with Crippen molar-refractivity contribution in [1.82, 2.24) is 15.1 Å². The van der Waals surface area contributed by atoms with Gasteiger partial charge in [0.25, 0.3) is 0 Å². The lowest BCUT2D eigenvalue weighted by atomic mass is 9.92. The monoisotopic (exact) mass is 492 g/mol. The van der Waals surface area contributed by atoms with Gasteiger partial charge in [-0.15, -0.1) is 35.3 Å². The lowest BCUT2D eigenvalue weighted by Crippen LogP contribution is -2.41. The molecule has 0 radical (unpaired) electrons. The summed E-state index contributed by atoms with van der Waals surface area (Å²) in [4.78, 5) is 11.4. The van der Waals surface area contributed by atoms with Crippen LogP contribution in [0.2, 0.25) is 0 Å². The average Bonchev–Trinajstić information content (AvgIpc) is 3.28. The molecule has 1 aliphatic rings. The van der Waals surface area contributed by atoms with Crippen LogP contribution in [0.15, 0.2) is 22.5 Å². The number of halogens is 1. The Bertz CT molecular complexity index is 526. The summed E-state index contributed by atoms with van der Waals surface area (Å²) in [5, 5.41) is 5.67. The molecule has 1 N–H and O–H groups in total. The predicted octanol–water partition coefficient (Wildman–Crippen LogP) is 4.27. The fourth-order valence-electron chi connectivity index (χ4n) is 3.46. The van der Waals surface area contributed by atoms with Crippen molar-refractivity contribution in [3.63, 3.8) is 0 Å². The molecule has 1 atom stereocenters. The first kappa shape index (κ1) is 23.7. The Morgan fingerprint density at radius 1 is 1.35 bits per heavy atom. The minimum atomic E-state index is 0. The van der Waals surface area contributed by atoms with Crippen LogP contribution in [-0.4, -0.2) is 61.6 Å². The molecule has 150 valence electrons. The highest BCUT2D eigenvalue weighted by atomic mass is 127. The Labute approximate surface area is 181 Å². The van der Waals surface area contributed by atoms with Gasteiger partial charge < -0.3 is 15.1 Å². The molecule has 1 fully saturated rings. The SMILES string of the molecule is CCNC(=NCC(C)(C)c1cccs1)N1CCC(CN(CC)CC)C1.I. The summed E-state index contributed by atoms with van der Waals surface area (Å²) in [5.41, 5.74) is 0.0924. The van der Waals surface area contributed by atoms with Crippen molar-refractivity contribution in [2.45, 2.75) is 46.5 Å². The highest BCUT2D eigenvalue weighted by molar-refractivity contribution is 14.0. The summed E-state index contributed by atoms with van der Waals surface area (Å²) in [6.45, 7) is 18.8. The van der Waals surface area contributed by atoms with Crippen molar-refractivity contribution < 1.29 is 0 Å². The van der Waals surface area contributed by atoms with E-state index in [1.807, 2.05) is 11.3 Å². The summed E-state index contributed by atoms with van der Waals surface area (Å²) in [6.07, 6.45) is 1.27. The number of hydrogen-bond acceptors (Lipinski definition) is 3. The zero-order valence-electron chi connectivity index (χ0n) is 17.1. The van der Waals surface area contributed by atoms with Crippen molar-refractivity contribution in [2.75, 3.05) is 45.8 Å². The molecule has 1 aromatic rings. The van der Waals surface area contributed by atoms with E-state index in [1.165, 1.54) is 17.8 Å². The van der Waals surface area contributed by atoms with Crippen LogP contribution >= 0.6 is 35.3 Å². The summed E-state index contributed by atoms with van der Waals surface area (Å²) in [5.74, 6) is 1.85. The molecule has 2 rings (SSSR count). The van der Waals surface area contributed by atoms with Gasteiger partial charge in [0.2, 0.25) is 0 Å². The third-order valence-corrected chi connectivity index (χ3v) is 6.38. The van der Waals surface area contributed by atoms with Crippen molar-refractivity contribution in [1.29, 1.82) is 0 Å². The van der Waals surface area contributed by atoms with Crippen molar-refractivity contribution in [3.8, 4) is 0 Å². The Morgan fingerprint density at radius 3 is 2.65 bits per heavy atom. The zero-order chi connectivity index (χ0) is 18.3. The van der Waals surface area contributed by atoms with E-state index < -0.39 is 0 Å². The van der Waals surface area contributed by atoms with Gasteiger partial charge in [-0.3, -0.25) is 4.99 Å². The van der Waals surface area contributed by atoms with E-state index in [9.17, 15) is 0 Å². The van der Waals surface area contributed by atoms with Crippen molar-refractivity contribution in [2.24, 2.45) is 10.9 Å². The molecule has 1 aromatic heterocycles. The van der Waals surface area contributed by atoms with E-state index in [2.05, 4.69) is 67.2 Å². The fraction of sp³-hybridized carbons (Fsp3) is 0.750. The van der Waals surface area contributed by atoms with Gasteiger partial charge in [-0.25, -0.2) is 0 Å². The molecule has 26 heavy (non-hydrogen) atoms. The zero-order valence-corrected chi connectivity index (χ0v) is 20.3. The van der Waals surface area contributed by atoms with Crippen LogP contribution in [-0.2, 0) is 5.41 Å². The lowest BCUT2D eigenvalue weighted by Gasteiger charge is -2.26. The van der Waals surface area contributed by atoms with Gasteiger partial charge >= 0.3 is 0 Å². The second kappa shape index (κ2) is 11.5. The summed E-state index contributed by atoms with van der Waals surface area (Å²) in [6, 6.07) is 4.36. The van der Waals surface area contributed by atoms with E-state index in [4.69, 9.17) is 4.99 Å². The summed E-state index contributed by atoms with van der Waals surface area (Å²) < 4.78 is 0. The third-order valence-electron chi connectivity index (χ3n) is 5.14. The molecule has 0 bridgehead atoms. The smallest absolute Gasteiger partial charge is 0.193 e. The molecule has 6 heteroatoms. The van der Waals surface area contributed by atoms with Crippen molar-refractivity contribution >= 4 is 41.3 Å². The van der Waals surface area contributed by atoms with Crippen LogP contribution < -0.4 is 5.32 Å². The molecular formula is C20H37IN4S. The van der Waals surface area contributed by atoms with E-state index in [0.29, 0.717) is 0 Å². The lowest BCUT2D eigenvalue weighted by molar-refractivity contribution is 0.255. The predicted molar refractivity (Wildman–Crippen MR) is 126 cm³/mol. The van der Waals surface area contributed by atoms with Gasteiger partial charge in [0.05, 0.1) is 6.54 Å². The van der Waals surface area contributed by atoms with Gasteiger partial charge in [0.15, 0.2) is 5.96 Å². The molecule has 0 aromatic carbocycles. The van der Waals surface area contributed by atoms with Gasteiger partial charge in [0.1, 0.15) is 0 Å². The Hall–Kier alpha value is -0.340. The molecule has 1 aliphatic heterocycles. The minimum Gasteiger partial charge on any atom is -0.357 e. The number of nitrogens with zero attached hydrogens (tertiary/aromatic N) is 3. The molecule has 0 saturated carbocycles. The Balaban J connectivity index is 0.00000338. The number of rotatable bonds is 8. The van der Waals surface area contributed by atoms with Crippen LogP contribution in [0, 0.1) is 5.92 Å². The molecule has 0 spiro atoms. The number of likely N-dealkylation sites (tertiary alicyclic amines) is 1. The molecular weight excluding hydrogens is 455 g/mol. The van der Waals surface area contributed by atoms with Gasteiger partial charge in [-0.1, -0.05) is 33.8 Å². The van der Waals surface area contributed by atoms with E-state index >= 15 is 0 Å². The number of aliphatic imine (C=N–C) groups is 1. The van der Waals surface area contributed by atoms with Gasteiger partial charge in [-0.2, -0.15) is 0 Å². The third kappa shape index (κ3) is 6.68. The maximum atomic E-state index is 5.00. The van der Waals surface area contributed by atoms with Gasteiger partial charge in [-0.05, 0) is 43.8 Å². The average molecular weight is 493 g/mol. The minimum absolute atomic E-state index is 0. The van der Waals surface area contributed by atoms with Crippen LogP contribution in [0.4, 0.5) is 0 Å². The summed E-state index contributed by atoms with van der Waals surface area (Å²) >= 11 is 1.83. The molecule has 0 aliphatic carbocycles. The number of thiophene rings is 1. The highest BCUT2D eigenvalue weighted by Gasteiger charge is 2.27. The number of guanidine groups is 1. The molecule has 1 saturated heterocycles. The first-order valence-electron chi connectivity index (χ1n) is 9.79. The number of hydrogen-bond donors (Lipinski definition) is 1. The Morgan fingerprint density at radius 2 is 2.08 bits per heavy atom. The molecule has 2 heterocycles. The Kier molecular flexibility index (Phi) is 10.5. The topological polar surface area (TPSA) is 30.9 Å². The largest absolute Gasteiger partial charge is 0.357 e. The van der Waals surface area contributed by atoms with Crippen LogP contribution in [0.5, 0.6) is 0 Å². The maximum Gasteiger partial charge on any atom is 0.193 e. The second-order valence-corrected chi connectivity index (χ2v) is 8.57. The molecule has 1 unspecified atom stereocenters. The van der Waals surface area contributed by atoms with Crippen LogP contribution in [0.1, 0.15) is 45.9 Å². The normalized spacial score (nSPS) is 18.3. The van der Waals surface area contributed by atoms with Crippen molar-refractivity contribution in [3.05, 3.63) is 22.4 Å². The maximum absolute atomic E-state index is 5.00. The fourth-order valence-corrected chi connectivity index (χ4v) is 4.31. The standard InChI is InChI=1S/C20H36N4S.HI/c1-6-21-19(22-16-20(4,5)18-10-9-13-25-18)24-12-11-17(15-24)14-23(7-2)8-3;/h9-10,13,17H,6-8,11-12,14-16H2,1-5H3,(H,21,22);1H. The summed E-state index contributed by atoms with van der Waals surface area (Å²) in [7, 11) is 0. The second-order valence-electron chi connectivity index (χ2n) is 7.62. The van der Waals surface area contributed by atoms with E-state index in [-0.39, 0.29) is 29.4 Å². The van der Waals surface area contributed by atoms with Gasteiger partial charge in [0, 0.05) is 36.5 Å². The first-order chi connectivity index (χ1) is 12.0. The van der Waals surface area contributed by atoms with E-state index in [1.54, 1.807) is 0 Å². The highest BCUT2D eigenvalue weighted by Crippen LogP contribution is 2.28. The number of nitrogens with one attached hydrogen (secondary N) is 1. The molecule has 0 amide bonds.